The Bertz CT molecular complexity index is 481. The second-order valence-corrected chi connectivity index (χ2v) is 5.52. The Morgan fingerprint density at radius 3 is 2.75 bits per heavy atom. The van der Waals surface area contributed by atoms with Gasteiger partial charge in [0.25, 0.3) is 0 Å². The van der Waals surface area contributed by atoms with Gasteiger partial charge in [-0.2, -0.15) is 0 Å². The van der Waals surface area contributed by atoms with Gasteiger partial charge < -0.3 is 15.8 Å². The highest BCUT2D eigenvalue weighted by Crippen LogP contribution is 2.24. The van der Waals surface area contributed by atoms with Crippen molar-refractivity contribution in [1.29, 1.82) is 0 Å². The lowest BCUT2D eigenvalue weighted by atomic mass is 10.2. The third kappa shape index (κ3) is 2.56. The Morgan fingerprint density at radius 2 is 2.10 bits per heavy atom. The molecule has 108 valence electrons. The minimum absolute atomic E-state index is 0.0976. The molecule has 1 atom stereocenters. The Kier molecular flexibility index (Phi) is 3.73. The molecule has 6 heteroatoms. The smallest absolute Gasteiger partial charge is 0.171 e. The molecule has 3 rings (SSSR count). The summed E-state index contributed by atoms with van der Waals surface area (Å²) in [6.45, 7) is 4.59. The van der Waals surface area contributed by atoms with Crippen LogP contribution in [0.3, 0.4) is 0 Å². The van der Waals surface area contributed by atoms with Gasteiger partial charge in [-0.3, -0.25) is 4.90 Å². The first-order chi connectivity index (χ1) is 9.78. The topological polar surface area (TPSA) is 78.0 Å². The van der Waals surface area contributed by atoms with Crippen molar-refractivity contribution >= 4 is 11.7 Å². The molecule has 0 spiro atoms. The Hall–Kier alpha value is -1.82. The summed E-state index contributed by atoms with van der Waals surface area (Å²) in [5.74, 6) is 1.07. The fourth-order valence-corrected chi connectivity index (χ4v) is 3.14. The fourth-order valence-electron chi connectivity index (χ4n) is 3.14. The first kappa shape index (κ1) is 13.2. The monoisotopic (exact) mass is 275 g/mol. The molecule has 0 radical (unpaired) electrons. The van der Waals surface area contributed by atoms with E-state index in [1.807, 2.05) is 12.1 Å². The number of aromatic nitrogens is 1. The van der Waals surface area contributed by atoms with Gasteiger partial charge in [0.1, 0.15) is 5.82 Å². The summed E-state index contributed by atoms with van der Waals surface area (Å²) in [6, 6.07) is 4.46. The van der Waals surface area contributed by atoms with Crippen molar-refractivity contribution in [1.82, 2.24) is 9.88 Å². The number of pyridine rings is 1. The van der Waals surface area contributed by atoms with Crippen LogP contribution in [0.2, 0.25) is 0 Å². The summed E-state index contributed by atoms with van der Waals surface area (Å²) in [4.78, 5) is 9.35. The average molecular weight is 275 g/mol. The van der Waals surface area contributed by atoms with Gasteiger partial charge >= 0.3 is 0 Å². The molecule has 0 aromatic carbocycles. The van der Waals surface area contributed by atoms with Gasteiger partial charge in [-0.1, -0.05) is 5.16 Å². The number of hydrogen-bond donors (Lipinski definition) is 2. The number of hydrogen-bond acceptors (Lipinski definition) is 5. The van der Waals surface area contributed by atoms with Gasteiger partial charge in [0.2, 0.25) is 0 Å². The van der Waals surface area contributed by atoms with Crippen molar-refractivity contribution in [3.8, 4) is 0 Å². The molecular weight excluding hydrogens is 254 g/mol. The zero-order valence-electron chi connectivity index (χ0n) is 11.6. The maximum atomic E-state index is 8.64. The number of rotatable bonds is 3. The van der Waals surface area contributed by atoms with Crippen LogP contribution in [-0.2, 0) is 0 Å². The van der Waals surface area contributed by atoms with E-state index in [0.717, 1.165) is 18.9 Å². The predicted molar refractivity (Wildman–Crippen MR) is 78.2 cm³/mol. The van der Waals surface area contributed by atoms with Gasteiger partial charge in [-0.25, -0.2) is 4.98 Å². The van der Waals surface area contributed by atoms with Crippen LogP contribution in [0.4, 0.5) is 5.82 Å². The Labute approximate surface area is 118 Å². The number of oxime groups is 1. The largest absolute Gasteiger partial charge is 0.409 e. The van der Waals surface area contributed by atoms with Crippen LogP contribution in [0.25, 0.3) is 0 Å². The van der Waals surface area contributed by atoms with Crippen LogP contribution in [0.1, 0.15) is 24.8 Å². The van der Waals surface area contributed by atoms with E-state index >= 15 is 0 Å². The molecule has 2 aliphatic heterocycles. The predicted octanol–water partition coefficient (Wildman–Crippen LogP) is 0.851. The summed E-state index contributed by atoms with van der Waals surface area (Å²) in [5.41, 5.74) is 6.19. The van der Waals surface area contributed by atoms with Crippen molar-refractivity contribution in [2.45, 2.75) is 25.3 Å². The fraction of sp³-hybridized carbons (Fsp3) is 0.571. The van der Waals surface area contributed by atoms with E-state index < -0.39 is 0 Å². The van der Waals surface area contributed by atoms with Gasteiger partial charge in [-0.15, -0.1) is 0 Å². The first-order valence-corrected chi connectivity index (χ1v) is 7.21. The lowest BCUT2D eigenvalue weighted by molar-refractivity contribution is 0.260. The molecule has 2 fully saturated rings. The number of amidine groups is 1. The molecular formula is C14H21N5O. The van der Waals surface area contributed by atoms with Crippen LogP contribution in [0.15, 0.2) is 23.5 Å². The van der Waals surface area contributed by atoms with Crippen molar-refractivity contribution in [2.24, 2.45) is 10.9 Å². The van der Waals surface area contributed by atoms with Crippen molar-refractivity contribution in [3.63, 3.8) is 0 Å². The number of nitrogens with zero attached hydrogens (tertiary/aromatic N) is 4. The minimum atomic E-state index is 0.0976. The third-order valence-electron chi connectivity index (χ3n) is 4.30. The quantitative estimate of drug-likeness (QED) is 0.370. The summed E-state index contributed by atoms with van der Waals surface area (Å²) in [6.07, 6.45) is 5.55. The van der Waals surface area contributed by atoms with E-state index in [0.29, 0.717) is 11.6 Å². The molecule has 0 aliphatic carbocycles. The molecule has 1 aromatic heterocycles. The van der Waals surface area contributed by atoms with E-state index in [1.165, 1.54) is 32.4 Å². The zero-order valence-corrected chi connectivity index (χ0v) is 11.6. The maximum absolute atomic E-state index is 8.64. The number of likely N-dealkylation sites (tertiary alicyclic amines) is 1. The lowest BCUT2D eigenvalue weighted by Gasteiger charge is -2.24. The Morgan fingerprint density at radius 1 is 1.30 bits per heavy atom. The highest BCUT2D eigenvalue weighted by Gasteiger charge is 2.29. The molecule has 1 aromatic rings. The van der Waals surface area contributed by atoms with Crippen molar-refractivity contribution in [3.05, 3.63) is 23.9 Å². The molecule has 2 aliphatic rings. The van der Waals surface area contributed by atoms with Gasteiger partial charge in [0, 0.05) is 30.9 Å². The summed E-state index contributed by atoms with van der Waals surface area (Å²) in [5, 5.41) is 11.6. The highest BCUT2D eigenvalue weighted by molar-refractivity contribution is 5.96. The molecule has 2 saturated heterocycles. The van der Waals surface area contributed by atoms with E-state index in [2.05, 4.69) is 19.9 Å². The summed E-state index contributed by atoms with van der Waals surface area (Å²) < 4.78 is 0. The standard InChI is InChI=1S/C14H21N5O/c15-14(17-20)11-3-4-13(16-9-11)19-8-5-12(10-19)18-6-1-2-7-18/h3-4,9,12,20H,1-2,5-8,10H2,(H2,15,17). The van der Waals surface area contributed by atoms with E-state index in [-0.39, 0.29) is 5.84 Å². The molecule has 0 bridgehead atoms. The molecule has 1 unspecified atom stereocenters. The Balaban J connectivity index is 1.65. The summed E-state index contributed by atoms with van der Waals surface area (Å²) in [7, 11) is 0. The molecule has 20 heavy (non-hydrogen) atoms. The molecule has 0 amide bonds. The molecule has 3 N–H and O–H groups in total. The van der Waals surface area contributed by atoms with E-state index in [9.17, 15) is 0 Å². The van der Waals surface area contributed by atoms with Crippen molar-refractivity contribution < 1.29 is 5.21 Å². The second kappa shape index (κ2) is 5.66. The third-order valence-corrected chi connectivity index (χ3v) is 4.30. The highest BCUT2D eigenvalue weighted by atomic mass is 16.4. The van der Waals surface area contributed by atoms with Crippen molar-refractivity contribution in [2.75, 3.05) is 31.1 Å². The molecule has 6 nitrogen and oxygen atoms in total. The van der Waals surface area contributed by atoms with Crippen LogP contribution in [-0.4, -0.2) is 53.1 Å². The molecule has 0 saturated carbocycles. The summed E-state index contributed by atoms with van der Waals surface area (Å²) >= 11 is 0. The van der Waals surface area contributed by atoms with Crippen LogP contribution in [0.5, 0.6) is 0 Å². The average Bonchev–Trinajstić information content (AvgIpc) is 3.17. The minimum Gasteiger partial charge on any atom is -0.409 e. The lowest BCUT2D eigenvalue weighted by Crippen LogP contribution is -2.35. The molecule has 3 heterocycles. The van der Waals surface area contributed by atoms with E-state index in [4.69, 9.17) is 10.9 Å². The number of nitrogens with two attached hydrogens (primary N) is 1. The maximum Gasteiger partial charge on any atom is 0.171 e. The second-order valence-electron chi connectivity index (χ2n) is 5.52. The van der Waals surface area contributed by atoms with Crippen LogP contribution < -0.4 is 10.6 Å². The van der Waals surface area contributed by atoms with Crippen LogP contribution in [0, 0.1) is 0 Å². The van der Waals surface area contributed by atoms with Gasteiger partial charge in [-0.05, 0) is 44.5 Å². The van der Waals surface area contributed by atoms with Crippen LogP contribution >= 0.6 is 0 Å². The van der Waals surface area contributed by atoms with Gasteiger partial charge in [0.15, 0.2) is 5.84 Å². The SMILES string of the molecule is NC(=NO)c1ccc(N2CCC(N3CCCC3)C2)nc1. The number of anilines is 1. The van der Waals surface area contributed by atoms with Gasteiger partial charge in [0.05, 0.1) is 0 Å². The van der Waals surface area contributed by atoms with E-state index in [1.54, 1.807) is 6.20 Å². The normalized spacial score (nSPS) is 24.5. The first-order valence-electron chi connectivity index (χ1n) is 7.21. The zero-order chi connectivity index (χ0) is 13.9.